The van der Waals surface area contributed by atoms with Gasteiger partial charge >= 0.3 is 5.97 Å². The molecule has 0 saturated heterocycles. The monoisotopic (exact) mass is 359 g/mol. The van der Waals surface area contributed by atoms with E-state index in [1.165, 1.54) is 12.1 Å². The highest BCUT2D eigenvalue weighted by Gasteiger charge is 2.25. The summed E-state index contributed by atoms with van der Waals surface area (Å²) in [5.41, 5.74) is 1.92. The average molecular weight is 360 g/mol. The Morgan fingerprint density at radius 1 is 1.24 bits per heavy atom. The van der Waals surface area contributed by atoms with Crippen LogP contribution in [0.1, 0.15) is 44.7 Å². The van der Waals surface area contributed by atoms with Crippen LogP contribution in [0.25, 0.3) is 0 Å². The SMILES string of the molecule is Cc1ccc(OC(=O)c2ccc(Cl)c([N+](=O)[O-])c2)c2c1CCCC2=O. The van der Waals surface area contributed by atoms with Crippen LogP contribution >= 0.6 is 11.6 Å². The van der Waals surface area contributed by atoms with Crippen molar-refractivity contribution in [1.82, 2.24) is 0 Å². The van der Waals surface area contributed by atoms with E-state index in [9.17, 15) is 19.7 Å². The molecule has 0 spiro atoms. The van der Waals surface area contributed by atoms with Gasteiger partial charge in [0.2, 0.25) is 0 Å². The van der Waals surface area contributed by atoms with Crippen LogP contribution in [0.15, 0.2) is 30.3 Å². The highest BCUT2D eigenvalue weighted by Crippen LogP contribution is 2.33. The average Bonchev–Trinajstić information content (AvgIpc) is 2.57. The molecule has 0 bridgehead atoms. The van der Waals surface area contributed by atoms with Crippen molar-refractivity contribution in [3.8, 4) is 5.75 Å². The first-order valence-electron chi connectivity index (χ1n) is 7.70. The quantitative estimate of drug-likeness (QED) is 0.353. The Hall–Kier alpha value is -2.73. The van der Waals surface area contributed by atoms with Gasteiger partial charge in [-0.25, -0.2) is 4.79 Å². The Morgan fingerprint density at radius 2 is 2.00 bits per heavy atom. The van der Waals surface area contributed by atoms with E-state index in [-0.39, 0.29) is 27.8 Å². The summed E-state index contributed by atoms with van der Waals surface area (Å²) >= 11 is 5.75. The summed E-state index contributed by atoms with van der Waals surface area (Å²) in [6.07, 6.45) is 1.94. The lowest BCUT2D eigenvalue weighted by atomic mass is 9.87. The lowest BCUT2D eigenvalue weighted by Crippen LogP contribution is -2.17. The lowest BCUT2D eigenvalue weighted by molar-refractivity contribution is -0.384. The molecule has 0 aliphatic heterocycles. The Bertz CT molecular complexity index is 907. The maximum atomic E-state index is 12.4. The zero-order chi connectivity index (χ0) is 18.1. The fraction of sp³-hybridized carbons (Fsp3) is 0.222. The summed E-state index contributed by atoms with van der Waals surface area (Å²) in [5.74, 6) is -0.646. The molecule has 6 nitrogen and oxygen atoms in total. The molecule has 0 atom stereocenters. The molecule has 0 aromatic heterocycles. The van der Waals surface area contributed by atoms with Gasteiger partial charge in [0, 0.05) is 12.5 Å². The summed E-state index contributed by atoms with van der Waals surface area (Å²) in [5, 5.41) is 10.9. The Balaban J connectivity index is 1.96. The van der Waals surface area contributed by atoms with Crippen LogP contribution in [0, 0.1) is 17.0 Å². The fourth-order valence-electron chi connectivity index (χ4n) is 2.93. The topological polar surface area (TPSA) is 86.5 Å². The minimum Gasteiger partial charge on any atom is -0.422 e. The molecule has 0 amide bonds. The van der Waals surface area contributed by atoms with Crippen LogP contribution in [0.5, 0.6) is 5.75 Å². The number of ether oxygens (including phenoxy) is 1. The number of carbonyl (C=O) groups is 2. The van der Waals surface area contributed by atoms with Gasteiger partial charge in [-0.2, -0.15) is 0 Å². The third kappa shape index (κ3) is 3.25. The molecule has 0 heterocycles. The van der Waals surface area contributed by atoms with Crippen molar-refractivity contribution < 1.29 is 19.2 Å². The summed E-state index contributed by atoms with van der Waals surface area (Å²) in [6.45, 7) is 1.91. The maximum Gasteiger partial charge on any atom is 0.343 e. The first-order valence-corrected chi connectivity index (χ1v) is 8.08. The van der Waals surface area contributed by atoms with Gasteiger partial charge in [-0.15, -0.1) is 0 Å². The van der Waals surface area contributed by atoms with Crippen LogP contribution in [-0.4, -0.2) is 16.7 Å². The Labute approximate surface area is 148 Å². The van der Waals surface area contributed by atoms with E-state index in [1.807, 2.05) is 6.92 Å². The summed E-state index contributed by atoms with van der Waals surface area (Å²) in [7, 11) is 0. The number of nitro groups is 1. The number of benzene rings is 2. The summed E-state index contributed by atoms with van der Waals surface area (Å²) in [4.78, 5) is 34.9. The molecule has 25 heavy (non-hydrogen) atoms. The molecule has 0 radical (unpaired) electrons. The van der Waals surface area contributed by atoms with E-state index < -0.39 is 10.9 Å². The van der Waals surface area contributed by atoms with Crippen LogP contribution in [0.4, 0.5) is 5.69 Å². The predicted molar refractivity (Wildman–Crippen MR) is 91.5 cm³/mol. The van der Waals surface area contributed by atoms with E-state index in [1.54, 1.807) is 12.1 Å². The molecule has 0 fully saturated rings. The van der Waals surface area contributed by atoms with Gasteiger partial charge in [0.1, 0.15) is 10.8 Å². The molecular weight excluding hydrogens is 346 g/mol. The second kappa shape index (κ2) is 6.64. The number of ketones is 1. The van der Waals surface area contributed by atoms with Gasteiger partial charge in [0.15, 0.2) is 5.78 Å². The van der Waals surface area contributed by atoms with Crippen LogP contribution in [-0.2, 0) is 6.42 Å². The number of hydrogen-bond donors (Lipinski definition) is 0. The van der Waals surface area contributed by atoms with E-state index >= 15 is 0 Å². The number of carbonyl (C=O) groups excluding carboxylic acids is 2. The highest BCUT2D eigenvalue weighted by molar-refractivity contribution is 6.32. The number of aryl methyl sites for hydroxylation is 1. The molecule has 3 rings (SSSR count). The largest absolute Gasteiger partial charge is 0.422 e. The number of esters is 1. The number of nitro benzene ring substituents is 1. The van der Waals surface area contributed by atoms with Crippen LogP contribution in [0.3, 0.4) is 0 Å². The minimum absolute atomic E-state index is 0.00585. The molecule has 128 valence electrons. The van der Waals surface area contributed by atoms with E-state index in [4.69, 9.17) is 16.3 Å². The Morgan fingerprint density at radius 3 is 2.72 bits per heavy atom. The smallest absolute Gasteiger partial charge is 0.343 e. The van der Waals surface area contributed by atoms with Crippen molar-refractivity contribution in [2.24, 2.45) is 0 Å². The standard InChI is InChI=1S/C18H14ClNO5/c1-10-5-8-16(17-12(10)3-2-4-15(17)21)25-18(22)11-6-7-13(19)14(9-11)20(23)24/h5-9H,2-4H2,1H3. The second-order valence-corrected chi connectivity index (χ2v) is 6.23. The third-order valence-electron chi connectivity index (χ3n) is 4.20. The zero-order valence-corrected chi connectivity index (χ0v) is 14.1. The molecule has 2 aromatic carbocycles. The molecule has 0 saturated carbocycles. The molecule has 0 N–H and O–H groups in total. The van der Waals surface area contributed by atoms with Gasteiger partial charge < -0.3 is 4.74 Å². The molecular formula is C18H14ClNO5. The number of nitrogens with zero attached hydrogens (tertiary/aromatic N) is 1. The first-order chi connectivity index (χ1) is 11.9. The van der Waals surface area contributed by atoms with Crippen molar-refractivity contribution in [2.75, 3.05) is 0 Å². The van der Waals surface area contributed by atoms with Crippen molar-refractivity contribution in [1.29, 1.82) is 0 Å². The van der Waals surface area contributed by atoms with Crippen LogP contribution in [0.2, 0.25) is 5.02 Å². The number of rotatable bonds is 3. The predicted octanol–water partition coefficient (Wildman–Crippen LogP) is 4.29. The van der Waals surface area contributed by atoms with E-state index in [2.05, 4.69) is 0 Å². The highest BCUT2D eigenvalue weighted by atomic mass is 35.5. The second-order valence-electron chi connectivity index (χ2n) is 5.82. The van der Waals surface area contributed by atoms with Gasteiger partial charge in [0.05, 0.1) is 16.1 Å². The zero-order valence-electron chi connectivity index (χ0n) is 13.4. The number of Topliss-reactive ketones (excluding diaryl/α,β-unsaturated/α-hetero) is 1. The normalized spacial score (nSPS) is 13.3. The molecule has 0 unspecified atom stereocenters. The van der Waals surface area contributed by atoms with Gasteiger partial charge in [-0.05, 0) is 49.1 Å². The van der Waals surface area contributed by atoms with E-state index in [0.717, 1.165) is 30.0 Å². The number of hydrogen-bond acceptors (Lipinski definition) is 5. The Kier molecular flexibility index (Phi) is 4.55. The molecule has 7 heteroatoms. The lowest BCUT2D eigenvalue weighted by Gasteiger charge is -2.20. The maximum absolute atomic E-state index is 12.4. The van der Waals surface area contributed by atoms with Crippen molar-refractivity contribution in [3.05, 3.63) is 67.7 Å². The van der Waals surface area contributed by atoms with Crippen molar-refractivity contribution >= 4 is 29.0 Å². The van der Waals surface area contributed by atoms with Crippen molar-refractivity contribution in [2.45, 2.75) is 26.2 Å². The van der Waals surface area contributed by atoms with E-state index in [0.29, 0.717) is 12.0 Å². The fourth-order valence-corrected chi connectivity index (χ4v) is 3.12. The molecule has 2 aromatic rings. The number of halogens is 1. The van der Waals surface area contributed by atoms with Crippen LogP contribution < -0.4 is 4.74 Å². The number of fused-ring (bicyclic) bond motifs is 1. The molecule has 1 aliphatic rings. The van der Waals surface area contributed by atoms with Gasteiger partial charge in [-0.3, -0.25) is 14.9 Å². The first kappa shape index (κ1) is 17.1. The van der Waals surface area contributed by atoms with Gasteiger partial charge in [-0.1, -0.05) is 17.7 Å². The van der Waals surface area contributed by atoms with Gasteiger partial charge in [0.25, 0.3) is 5.69 Å². The summed E-state index contributed by atoms with van der Waals surface area (Å²) < 4.78 is 5.37. The van der Waals surface area contributed by atoms with Crippen molar-refractivity contribution in [3.63, 3.8) is 0 Å². The minimum atomic E-state index is -0.774. The third-order valence-corrected chi connectivity index (χ3v) is 4.52. The molecule has 1 aliphatic carbocycles. The summed E-state index contributed by atoms with van der Waals surface area (Å²) in [6, 6.07) is 7.06.